The largest absolute Gasteiger partial charge is 0.423 e. The van der Waals surface area contributed by atoms with Crippen LogP contribution in [-0.4, -0.2) is 29.5 Å². The normalized spacial score (nSPS) is 16.3. The van der Waals surface area contributed by atoms with Gasteiger partial charge in [-0.05, 0) is 24.8 Å². The highest BCUT2D eigenvalue weighted by Crippen LogP contribution is 2.37. The lowest BCUT2D eigenvalue weighted by molar-refractivity contribution is -0.383. The van der Waals surface area contributed by atoms with Gasteiger partial charge < -0.3 is 15.1 Å². The average Bonchev–Trinajstić information content (AvgIpc) is 3.16. The van der Waals surface area contributed by atoms with Crippen LogP contribution in [0.5, 0.6) is 0 Å². The minimum atomic E-state index is -0.448. The summed E-state index contributed by atoms with van der Waals surface area (Å²) in [7, 11) is 1.87. The van der Waals surface area contributed by atoms with Gasteiger partial charge in [-0.3, -0.25) is 10.1 Å². The monoisotopic (exact) mass is 276 g/mol. The number of nitro groups is 1. The van der Waals surface area contributed by atoms with E-state index < -0.39 is 4.92 Å². The Kier molecular flexibility index (Phi) is 3.06. The number of non-ortho nitro benzene ring substituents is 1. The first-order valence-electron chi connectivity index (χ1n) is 6.58. The SMILES string of the molecule is CN(c1nc2c([N+](=O)[O-])cccc2o1)C(CN)C1CC1. The lowest BCUT2D eigenvalue weighted by atomic mass is 10.2. The number of anilines is 1. The maximum atomic E-state index is 11.0. The summed E-state index contributed by atoms with van der Waals surface area (Å²) in [5.41, 5.74) is 6.47. The zero-order valence-electron chi connectivity index (χ0n) is 11.2. The third-order valence-electron chi connectivity index (χ3n) is 3.79. The maximum Gasteiger partial charge on any atom is 0.298 e. The minimum Gasteiger partial charge on any atom is -0.423 e. The van der Waals surface area contributed by atoms with Crippen LogP contribution in [0.2, 0.25) is 0 Å². The van der Waals surface area contributed by atoms with Crippen molar-refractivity contribution in [2.24, 2.45) is 11.7 Å². The smallest absolute Gasteiger partial charge is 0.298 e. The van der Waals surface area contributed by atoms with Crippen LogP contribution in [0.15, 0.2) is 22.6 Å². The van der Waals surface area contributed by atoms with Crippen molar-refractivity contribution in [1.29, 1.82) is 0 Å². The number of likely N-dealkylation sites (N-methyl/N-ethyl adjacent to an activating group) is 1. The second kappa shape index (κ2) is 4.75. The van der Waals surface area contributed by atoms with E-state index in [1.807, 2.05) is 11.9 Å². The molecule has 0 radical (unpaired) electrons. The van der Waals surface area contributed by atoms with Gasteiger partial charge in [0.2, 0.25) is 0 Å². The molecule has 1 heterocycles. The molecule has 0 bridgehead atoms. The van der Waals surface area contributed by atoms with Crippen molar-refractivity contribution < 1.29 is 9.34 Å². The summed E-state index contributed by atoms with van der Waals surface area (Å²) in [4.78, 5) is 16.7. The van der Waals surface area contributed by atoms with E-state index in [0.29, 0.717) is 24.1 Å². The predicted molar refractivity (Wildman–Crippen MR) is 74.6 cm³/mol. The van der Waals surface area contributed by atoms with Gasteiger partial charge >= 0.3 is 0 Å². The summed E-state index contributed by atoms with van der Waals surface area (Å²) >= 11 is 0. The van der Waals surface area contributed by atoms with Gasteiger partial charge in [-0.25, -0.2) is 0 Å². The molecule has 2 aromatic rings. The first-order chi connectivity index (χ1) is 9.61. The molecule has 0 aliphatic heterocycles. The Morgan fingerprint density at radius 1 is 1.60 bits per heavy atom. The highest BCUT2D eigenvalue weighted by atomic mass is 16.6. The summed E-state index contributed by atoms with van der Waals surface area (Å²) < 4.78 is 5.64. The first kappa shape index (κ1) is 12.9. The Morgan fingerprint density at radius 2 is 2.35 bits per heavy atom. The molecule has 2 N–H and O–H groups in total. The molecule has 1 aliphatic carbocycles. The predicted octanol–water partition coefficient (Wildman–Crippen LogP) is 1.91. The Hall–Kier alpha value is -2.15. The van der Waals surface area contributed by atoms with E-state index in [1.54, 1.807) is 12.1 Å². The molecule has 1 saturated carbocycles. The van der Waals surface area contributed by atoms with Crippen LogP contribution in [0, 0.1) is 16.0 Å². The topological polar surface area (TPSA) is 98.4 Å². The van der Waals surface area contributed by atoms with E-state index in [0.717, 1.165) is 12.8 Å². The number of hydrogen-bond donors (Lipinski definition) is 1. The van der Waals surface area contributed by atoms with Gasteiger partial charge in [-0.15, -0.1) is 0 Å². The number of hydrogen-bond acceptors (Lipinski definition) is 6. The van der Waals surface area contributed by atoms with Gasteiger partial charge in [-0.1, -0.05) is 6.07 Å². The van der Waals surface area contributed by atoms with E-state index in [-0.39, 0.29) is 17.2 Å². The molecule has 106 valence electrons. The number of fused-ring (bicyclic) bond motifs is 1. The molecule has 1 atom stereocenters. The van der Waals surface area contributed by atoms with Gasteiger partial charge in [0, 0.05) is 25.7 Å². The molecule has 1 unspecified atom stereocenters. The molecule has 1 aromatic carbocycles. The van der Waals surface area contributed by atoms with E-state index >= 15 is 0 Å². The van der Waals surface area contributed by atoms with Crippen LogP contribution in [0.4, 0.5) is 11.7 Å². The van der Waals surface area contributed by atoms with E-state index in [4.69, 9.17) is 10.2 Å². The summed E-state index contributed by atoms with van der Waals surface area (Å²) in [5.74, 6) is 0.565. The lowest BCUT2D eigenvalue weighted by Crippen LogP contribution is -2.39. The van der Waals surface area contributed by atoms with Crippen LogP contribution < -0.4 is 10.6 Å². The van der Waals surface area contributed by atoms with Gasteiger partial charge in [-0.2, -0.15) is 4.98 Å². The fraction of sp³-hybridized carbons (Fsp3) is 0.462. The zero-order chi connectivity index (χ0) is 14.3. The van der Waals surface area contributed by atoms with Gasteiger partial charge in [0.25, 0.3) is 11.7 Å². The van der Waals surface area contributed by atoms with Crippen molar-refractivity contribution in [1.82, 2.24) is 4.98 Å². The first-order valence-corrected chi connectivity index (χ1v) is 6.58. The Balaban J connectivity index is 2.00. The van der Waals surface area contributed by atoms with Crippen LogP contribution in [0.3, 0.4) is 0 Å². The molecule has 0 saturated heterocycles. The number of oxazole rings is 1. The Bertz CT molecular complexity index is 650. The van der Waals surface area contributed by atoms with Gasteiger partial charge in [0.15, 0.2) is 11.1 Å². The van der Waals surface area contributed by atoms with Crippen molar-refractivity contribution in [2.45, 2.75) is 18.9 Å². The number of aromatic nitrogens is 1. The van der Waals surface area contributed by atoms with Crippen molar-refractivity contribution in [3.8, 4) is 0 Å². The zero-order valence-corrected chi connectivity index (χ0v) is 11.2. The van der Waals surface area contributed by atoms with Crippen molar-refractivity contribution in [2.75, 3.05) is 18.5 Å². The van der Waals surface area contributed by atoms with Crippen LogP contribution in [0.25, 0.3) is 11.1 Å². The van der Waals surface area contributed by atoms with Crippen molar-refractivity contribution >= 4 is 22.8 Å². The van der Waals surface area contributed by atoms with E-state index in [2.05, 4.69) is 4.98 Å². The molecule has 1 aromatic heterocycles. The van der Waals surface area contributed by atoms with E-state index in [9.17, 15) is 10.1 Å². The maximum absolute atomic E-state index is 11.0. The Labute approximate surface area is 115 Å². The quantitative estimate of drug-likeness (QED) is 0.661. The summed E-state index contributed by atoms with van der Waals surface area (Å²) in [6, 6.07) is 5.26. The third-order valence-corrected chi connectivity index (χ3v) is 3.79. The van der Waals surface area contributed by atoms with Crippen molar-refractivity contribution in [3.05, 3.63) is 28.3 Å². The molecule has 7 nitrogen and oxygen atoms in total. The molecular formula is C13H16N4O3. The van der Waals surface area contributed by atoms with Crippen molar-refractivity contribution in [3.63, 3.8) is 0 Å². The number of benzene rings is 1. The summed E-state index contributed by atoms with van der Waals surface area (Å²) in [6.07, 6.45) is 2.32. The molecule has 0 amide bonds. The van der Waals surface area contributed by atoms with Crippen LogP contribution in [0.1, 0.15) is 12.8 Å². The molecular weight excluding hydrogens is 260 g/mol. The van der Waals surface area contributed by atoms with E-state index in [1.165, 1.54) is 6.07 Å². The highest BCUT2D eigenvalue weighted by Gasteiger charge is 2.35. The molecule has 20 heavy (non-hydrogen) atoms. The summed E-state index contributed by atoms with van der Waals surface area (Å²) in [5, 5.41) is 11.0. The molecule has 1 fully saturated rings. The standard InChI is InChI=1S/C13H16N4O3/c1-16(10(7-14)8-5-6-8)13-15-12-9(17(18)19)3-2-4-11(12)20-13/h2-4,8,10H,5-7,14H2,1H3. The highest BCUT2D eigenvalue weighted by molar-refractivity contribution is 5.84. The number of nitrogens with two attached hydrogens (primary N) is 1. The molecule has 1 aliphatic rings. The average molecular weight is 276 g/mol. The second-order valence-electron chi connectivity index (χ2n) is 5.13. The number of nitrogens with zero attached hydrogens (tertiary/aromatic N) is 3. The fourth-order valence-electron chi connectivity index (χ4n) is 2.51. The lowest BCUT2D eigenvalue weighted by Gasteiger charge is -2.25. The van der Waals surface area contributed by atoms with Gasteiger partial charge in [0.05, 0.1) is 4.92 Å². The van der Waals surface area contributed by atoms with Crippen LogP contribution in [-0.2, 0) is 0 Å². The minimum absolute atomic E-state index is 0.0402. The Morgan fingerprint density at radius 3 is 2.95 bits per heavy atom. The number of rotatable bonds is 5. The fourth-order valence-corrected chi connectivity index (χ4v) is 2.51. The number of para-hydroxylation sites is 1. The second-order valence-corrected chi connectivity index (χ2v) is 5.13. The number of nitro benzene ring substituents is 1. The van der Waals surface area contributed by atoms with Gasteiger partial charge in [0.1, 0.15) is 0 Å². The molecule has 7 heteroatoms. The van der Waals surface area contributed by atoms with Crippen LogP contribution >= 0.6 is 0 Å². The molecule has 3 rings (SSSR count). The third kappa shape index (κ3) is 2.09. The summed E-state index contributed by atoms with van der Waals surface area (Å²) in [6.45, 7) is 0.516. The molecule has 0 spiro atoms.